The van der Waals surface area contributed by atoms with E-state index in [9.17, 15) is 10.2 Å². The Kier molecular flexibility index (Phi) is 13.4. The lowest BCUT2D eigenvalue weighted by atomic mass is 9.91. The molecule has 6 aromatic rings. The molecule has 6 aromatic heterocycles. The summed E-state index contributed by atoms with van der Waals surface area (Å²) in [5.74, 6) is 2.24. The summed E-state index contributed by atoms with van der Waals surface area (Å²) in [7, 11) is 4.31. The fourth-order valence-electron chi connectivity index (χ4n) is 10.3. The Morgan fingerprint density at radius 1 is 0.581 bits per heavy atom. The average Bonchev–Trinajstić information content (AvgIpc) is 3.54. The molecule has 4 aliphatic rings. The molecule has 0 amide bonds. The quantitative estimate of drug-likeness (QED) is 0.147. The summed E-state index contributed by atoms with van der Waals surface area (Å²) in [5, 5.41) is 27.6. The molecule has 0 aromatic carbocycles. The van der Waals surface area contributed by atoms with Crippen LogP contribution in [0.3, 0.4) is 0 Å². The number of aliphatic hydroxyl groups is 2. The van der Waals surface area contributed by atoms with Gasteiger partial charge >= 0.3 is 0 Å². The van der Waals surface area contributed by atoms with Crippen molar-refractivity contribution in [1.82, 2.24) is 49.2 Å². The Bertz CT molecular complexity index is 2250. The van der Waals surface area contributed by atoms with Crippen molar-refractivity contribution in [1.29, 1.82) is 0 Å². The molecule has 14 nitrogen and oxygen atoms in total. The third-order valence-corrected chi connectivity index (χ3v) is 13.4. The van der Waals surface area contributed by atoms with Crippen LogP contribution in [0.25, 0.3) is 11.3 Å². The number of aromatic nitrogens is 6. The molecule has 62 heavy (non-hydrogen) atoms. The standard InChI is InChI=1S/2C24H32N6O/c2*1-28(20-8-2-6-18-7-4-12-26-24(18)20)16-19-21(17-31)30-22(27-19)9-3-10-23(30)29-14-5-11-25-13-15-29/h2*3-4,7,9-10,12,20,25,31H,2,5-6,8,11,13-17H2,1H3/t2*20-/m00/s1. The zero-order valence-electron chi connectivity index (χ0n) is 36.6. The lowest BCUT2D eigenvalue weighted by molar-refractivity contribution is 0.203. The van der Waals surface area contributed by atoms with Gasteiger partial charge in [0, 0.05) is 64.8 Å². The van der Waals surface area contributed by atoms with Crippen molar-refractivity contribution in [2.75, 3.05) is 76.3 Å². The van der Waals surface area contributed by atoms with Gasteiger partial charge in [0.25, 0.3) is 0 Å². The van der Waals surface area contributed by atoms with Gasteiger partial charge in [-0.1, -0.05) is 24.3 Å². The van der Waals surface area contributed by atoms with Crippen molar-refractivity contribution in [3.63, 3.8) is 0 Å². The highest BCUT2D eigenvalue weighted by atomic mass is 16.3. The third-order valence-electron chi connectivity index (χ3n) is 13.4. The van der Waals surface area contributed by atoms with Crippen LogP contribution in [0.1, 0.15) is 95.9 Å². The predicted octanol–water partition coefficient (Wildman–Crippen LogP) is 5.06. The first-order valence-corrected chi connectivity index (χ1v) is 22.9. The summed E-state index contributed by atoms with van der Waals surface area (Å²) < 4.78 is 4.31. The van der Waals surface area contributed by atoms with Gasteiger partial charge in [-0.25, -0.2) is 9.97 Å². The third kappa shape index (κ3) is 8.81. The van der Waals surface area contributed by atoms with Gasteiger partial charge in [-0.05, 0) is 126 Å². The number of hydrogen-bond donors (Lipinski definition) is 4. The van der Waals surface area contributed by atoms with Crippen LogP contribution in [0.4, 0.5) is 11.6 Å². The topological polar surface area (TPSA) is 138 Å². The molecule has 14 heteroatoms. The molecule has 8 heterocycles. The van der Waals surface area contributed by atoms with Crippen LogP contribution in [-0.4, -0.2) is 115 Å². The monoisotopic (exact) mass is 841 g/mol. The SMILES string of the molecule is CN(Cc1nc2cccc(N3CCCNCC3)n2c1CO)[C@H]1CCCc2cccnc21.CN(Cc1nc2cccc(N3CCCNCC3)n2c1CO)[C@H]1CCCc2cccnc21. The number of imidazole rings is 2. The number of hydrogen-bond acceptors (Lipinski definition) is 12. The first-order valence-electron chi connectivity index (χ1n) is 22.9. The van der Waals surface area contributed by atoms with Gasteiger partial charge in [0.1, 0.15) is 22.9 Å². The number of fused-ring (bicyclic) bond motifs is 4. The van der Waals surface area contributed by atoms with E-state index in [1.165, 1.54) is 35.4 Å². The summed E-state index contributed by atoms with van der Waals surface area (Å²) in [6, 6.07) is 21.6. The summed E-state index contributed by atoms with van der Waals surface area (Å²) in [5.41, 5.74) is 10.6. The predicted molar refractivity (Wildman–Crippen MR) is 244 cm³/mol. The van der Waals surface area contributed by atoms with Crippen molar-refractivity contribution in [2.24, 2.45) is 0 Å². The molecule has 2 saturated heterocycles. The van der Waals surface area contributed by atoms with Crippen LogP contribution in [0, 0.1) is 0 Å². The molecule has 0 saturated carbocycles. The van der Waals surface area contributed by atoms with E-state index in [1.807, 2.05) is 36.7 Å². The van der Waals surface area contributed by atoms with Gasteiger partial charge < -0.3 is 30.6 Å². The van der Waals surface area contributed by atoms with E-state index in [4.69, 9.17) is 19.9 Å². The van der Waals surface area contributed by atoms with Crippen LogP contribution >= 0.6 is 0 Å². The van der Waals surface area contributed by atoms with Crippen molar-refractivity contribution >= 4 is 22.9 Å². The Labute approximate surface area is 365 Å². The first-order chi connectivity index (χ1) is 30.5. The van der Waals surface area contributed by atoms with Crippen LogP contribution in [0.15, 0.2) is 73.1 Å². The largest absolute Gasteiger partial charge is 0.390 e. The Morgan fingerprint density at radius 2 is 1.05 bits per heavy atom. The molecule has 10 rings (SSSR count). The molecular weight excluding hydrogens is 777 g/mol. The molecule has 2 aliphatic carbocycles. The maximum Gasteiger partial charge on any atom is 0.138 e. The summed E-state index contributed by atoms with van der Waals surface area (Å²) in [6.45, 7) is 9.34. The first kappa shape index (κ1) is 42.3. The van der Waals surface area contributed by atoms with Gasteiger partial charge in [-0.15, -0.1) is 0 Å². The van der Waals surface area contributed by atoms with Crippen LogP contribution in [0.5, 0.6) is 0 Å². The number of nitrogens with one attached hydrogen (secondary N) is 2. The maximum absolute atomic E-state index is 10.3. The van der Waals surface area contributed by atoms with Gasteiger partial charge in [0.15, 0.2) is 0 Å². The Morgan fingerprint density at radius 3 is 1.50 bits per heavy atom. The second-order valence-corrected chi connectivity index (χ2v) is 17.4. The minimum Gasteiger partial charge on any atom is -0.390 e. The van der Waals surface area contributed by atoms with E-state index in [0.717, 1.165) is 137 Å². The summed E-state index contributed by atoms with van der Waals surface area (Å²) >= 11 is 0. The molecule has 4 N–H and O–H groups in total. The van der Waals surface area contributed by atoms with Gasteiger partial charge in [0.2, 0.25) is 0 Å². The van der Waals surface area contributed by atoms with E-state index in [-0.39, 0.29) is 25.3 Å². The number of rotatable bonds is 10. The molecule has 2 aliphatic heterocycles. The van der Waals surface area contributed by atoms with Crippen molar-refractivity contribution < 1.29 is 10.2 Å². The molecule has 2 atom stereocenters. The van der Waals surface area contributed by atoms with Crippen molar-refractivity contribution in [3.05, 3.63) is 118 Å². The van der Waals surface area contributed by atoms with E-state index in [0.29, 0.717) is 13.1 Å². The van der Waals surface area contributed by atoms with E-state index >= 15 is 0 Å². The second kappa shape index (κ2) is 19.6. The molecule has 2 fully saturated rings. The highest BCUT2D eigenvalue weighted by Gasteiger charge is 2.29. The van der Waals surface area contributed by atoms with E-state index in [2.05, 4.69) is 89.5 Å². The van der Waals surface area contributed by atoms with Crippen LogP contribution in [0.2, 0.25) is 0 Å². The molecule has 0 bridgehead atoms. The van der Waals surface area contributed by atoms with Gasteiger partial charge in [-0.3, -0.25) is 28.6 Å². The zero-order chi connectivity index (χ0) is 42.4. The maximum atomic E-state index is 10.3. The fourth-order valence-corrected chi connectivity index (χ4v) is 10.3. The molecule has 0 spiro atoms. The van der Waals surface area contributed by atoms with E-state index < -0.39 is 0 Å². The normalized spacial score (nSPS) is 19.6. The highest BCUT2D eigenvalue weighted by molar-refractivity contribution is 5.56. The number of aliphatic hydroxyl groups excluding tert-OH is 2. The molecule has 328 valence electrons. The van der Waals surface area contributed by atoms with Crippen LogP contribution in [-0.2, 0) is 39.1 Å². The van der Waals surface area contributed by atoms with Crippen molar-refractivity contribution in [2.45, 2.75) is 89.8 Å². The lowest BCUT2D eigenvalue weighted by Gasteiger charge is -2.32. The van der Waals surface area contributed by atoms with Crippen molar-refractivity contribution in [3.8, 4) is 0 Å². The fraction of sp³-hybridized carbons (Fsp3) is 0.500. The minimum absolute atomic E-state index is 0.0209. The Balaban J connectivity index is 0.000000158. The minimum atomic E-state index is -0.0209. The van der Waals surface area contributed by atoms with Gasteiger partial charge in [-0.2, -0.15) is 0 Å². The number of pyridine rings is 4. The summed E-state index contributed by atoms with van der Waals surface area (Å²) in [6.07, 6.45) is 12.8. The Hall–Kier alpha value is -4.96. The van der Waals surface area contributed by atoms with Crippen LogP contribution < -0.4 is 20.4 Å². The highest BCUT2D eigenvalue weighted by Crippen LogP contribution is 2.35. The van der Waals surface area contributed by atoms with Gasteiger partial charge in [0.05, 0.1) is 59.5 Å². The molecule has 0 unspecified atom stereocenters. The second-order valence-electron chi connectivity index (χ2n) is 17.4. The average molecular weight is 841 g/mol. The zero-order valence-corrected chi connectivity index (χ0v) is 36.6. The smallest absolute Gasteiger partial charge is 0.138 e. The number of anilines is 2. The lowest BCUT2D eigenvalue weighted by Crippen LogP contribution is -2.30. The number of nitrogens with zero attached hydrogens (tertiary/aromatic N) is 10. The number of aryl methyl sites for hydroxylation is 2. The molecular formula is C48H64N12O2. The summed E-state index contributed by atoms with van der Waals surface area (Å²) in [4.78, 5) is 28.8. The van der Waals surface area contributed by atoms with E-state index in [1.54, 1.807) is 0 Å². The molecule has 0 radical (unpaired) electrons.